The van der Waals surface area contributed by atoms with E-state index >= 15 is 0 Å². The molecule has 0 aliphatic heterocycles. The van der Waals surface area contributed by atoms with Gasteiger partial charge >= 0.3 is 0 Å². The van der Waals surface area contributed by atoms with Crippen LogP contribution in [0.25, 0.3) is 12.2 Å². The third kappa shape index (κ3) is 3.61. The first-order valence-electron chi connectivity index (χ1n) is 8.41. The Morgan fingerprint density at radius 3 is 2.23 bits per heavy atom. The molecule has 0 aliphatic rings. The second-order valence-electron chi connectivity index (χ2n) is 7.29. The molecule has 3 aromatic rings. The van der Waals surface area contributed by atoms with Gasteiger partial charge in [-0.1, -0.05) is 50.5 Å². The van der Waals surface area contributed by atoms with E-state index in [0.717, 1.165) is 16.7 Å². The van der Waals surface area contributed by atoms with Crippen LogP contribution in [-0.4, -0.2) is 27.8 Å². The second-order valence-corrected chi connectivity index (χ2v) is 7.29. The molecule has 0 unspecified atom stereocenters. The molecule has 0 aliphatic carbocycles. The summed E-state index contributed by atoms with van der Waals surface area (Å²) >= 11 is 0. The third-order valence-corrected chi connectivity index (χ3v) is 4.17. The van der Waals surface area contributed by atoms with Crippen molar-refractivity contribution in [2.24, 2.45) is 0 Å². The average Bonchev–Trinajstić information content (AvgIpc) is 3.03. The van der Waals surface area contributed by atoms with Crippen LogP contribution in [0.1, 0.15) is 37.7 Å². The van der Waals surface area contributed by atoms with Crippen LogP contribution >= 0.6 is 0 Å². The number of rotatable bonds is 2. The van der Waals surface area contributed by atoms with Crippen LogP contribution in [-0.2, 0) is 5.41 Å². The fraction of sp³-hybridized carbons (Fsp3) is 0.211. The standard InChI is InChI=1S/C19H21BN4O2/c1-19(2,3)16-13(21-10-22-16)9-15-18(26)23-14(17(25)24-15)8-11-6-4-5-7-12(11)20/h4-10H,20H2,1-3H3,(H,21,22)(H,23,26)(H,24,25)/b14-8-,15-9-. The van der Waals surface area contributed by atoms with E-state index in [2.05, 4.69) is 19.9 Å². The summed E-state index contributed by atoms with van der Waals surface area (Å²) in [5.41, 5.74) is 2.55. The summed E-state index contributed by atoms with van der Waals surface area (Å²) in [4.78, 5) is 37.5. The first kappa shape index (κ1) is 17.7. The van der Waals surface area contributed by atoms with Gasteiger partial charge in [0.05, 0.1) is 12.0 Å². The number of aromatic nitrogens is 4. The molecular formula is C19H21BN4O2. The fourth-order valence-electron chi connectivity index (χ4n) is 2.75. The number of nitrogens with one attached hydrogen (secondary N) is 3. The number of nitrogens with zero attached hydrogens (tertiary/aromatic N) is 1. The predicted octanol–water partition coefficient (Wildman–Crippen LogP) is -1.00. The Bertz CT molecular complexity index is 1180. The molecule has 0 radical (unpaired) electrons. The molecule has 0 spiro atoms. The van der Waals surface area contributed by atoms with Crippen molar-refractivity contribution < 1.29 is 0 Å². The topological polar surface area (TPSA) is 94.4 Å². The van der Waals surface area contributed by atoms with Gasteiger partial charge in [-0.05, 0) is 17.7 Å². The molecule has 0 atom stereocenters. The number of H-pyrrole nitrogens is 3. The number of hydrogen-bond donors (Lipinski definition) is 3. The highest BCUT2D eigenvalue weighted by atomic mass is 16.1. The van der Waals surface area contributed by atoms with Gasteiger partial charge in [0.15, 0.2) is 0 Å². The summed E-state index contributed by atoms with van der Waals surface area (Å²) in [5.74, 6) is 0. The second kappa shape index (κ2) is 6.67. The quantitative estimate of drug-likeness (QED) is 0.519. The smallest absolute Gasteiger partial charge is 0.272 e. The maximum atomic E-state index is 12.4. The highest BCUT2D eigenvalue weighted by Gasteiger charge is 2.19. The van der Waals surface area contributed by atoms with Crippen LogP contribution in [0.4, 0.5) is 0 Å². The normalized spacial score (nSPS) is 13.3. The van der Waals surface area contributed by atoms with Crippen LogP contribution in [0.5, 0.6) is 0 Å². The van der Waals surface area contributed by atoms with Gasteiger partial charge < -0.3 is 15.0 Å². The molecular weight excluding hydrogens is 327 g/mol. The third-order valence-electron chi connectivity index (χ3n) is 4.17. The van der Waals surface area contributed by atoms with Gasteiger partial charge in [-0.25, -0.2) is 4.98 Å². The summed E-state index contributed by atoms with van der Waals surface area (Å²) in [6.07, 6.45) is 4.85. The van der Waals surface area contributed by atoms with Gasteiger partial charge in [0, 0.05) is 11.1 Å². The Labute approximate surface area is 151 Å². The Morgan fingerprint density at radius 1 is 1.00 bits per heavy atom. The molecule has 0 saturated heterocycles. The van der Waals surface area contributed by atoms with Gasteiger partial charge in [-0.15, -0.1) is 0 Å². The summed E-state index contributed by atoms with van der Waals surface area (Å²) in [7, 11) is 1.95. The lowest BCUT2D eigenvalue weighted by atomic mass is 9.90. The van der Waals surface area contributed by atoms with E-state index in [-0.39, 0.29) is 27.2 Å². The number of hydrogen-bond acceptors (Lipinski definition) is 3. The van der Waals surface area contributed by atoms with Gasteiger partial charge in [0.2, 0.25) is 0 Å². The van der Waals surface area contributed by atoms with E-state index in [1.807, 2.05) is 52.9 Å². The van der Waals surface area contributed by atoms with Crippen molar-refractivity contribution in [3.8, 4) is 0 Å². The highest BCUT2D eigenvalue weighted by Crippen LogP contribution is 2.22. The summed E-state index contributed by atoms with van der Waals surface area (Å²) in [5, 5.41) is 0.397. The van der Waals surface area contributed by atoms with E-state index in [4.69, 9.17) is 0 Å². The molecule has 2 heterocycles. The van der Waals surface area contributed by atoms with Crippen LogP contribution in [0.3, 0.4) is 0 Å². The zero-order valence-corrected chi connectivity index (χ0v) is 15.3. The van der Waals surface area contributed by atoms with E-state index in [1.165, 1.54) is 0 Å². The lowest BCUT2D eigenvalue weighted by molar-refractivity contribution is 0.571. The summed E-state index contributed by atoms with van der Waals surface area (Å²) < 4.78 is 0. The van der Waals surface area contributed by atoms with Crippen molar-refractivity contribution in [3.63, 3.8) is 0 Å². The van der Waals surface area contributed by atoms with E-state index < -0.39 is 0 Å². The Kier molecular flexibility index (Phi) is 4.55. The van der Waals surface area contributed by atoms with Crippen molar-refractivity contribution in [2.45, 2.75) is 26.2 Å². The number of aromatic amines is 3. The van der Waals surface area contributed by atoms with Crippen molar-refractivity contribution in [1.82, 2.24) is 19.9 Å². The summed E-state index contributed by atoms with van der Waals surface area (Å²) in [6, 6.07) is 7.66. The Balaban J connectivity index is 2.16. The summed E-state index contributed by atoms with van der Waals surface area (Å²) in [6.45, 7) is 6.14. The monoisotopic (exact) mass is 348 g/mol. The highest BCUT2D eigenvalue weighted by molar-refractivity contribution is 6.34. The lowest BCUT2D eigenvalue weighted by Gasteiger charge is -2.16. The molecule has 0 fully saturated rings. The Hall–Kier alpha value is -3.09. The van der Waals surface area contributed by atoms with Crippen LogP contribution < -0.4 is 27.3 Å². The number of imidazole rings is 1. The number of benzene rings is 1. The van der Waals surface area contributed by atoms with Crippen LogP contribution in [0.15, 0.2) is 40.2 Å². The van der Waals surface area contributed by atoms with Crippen molar-refractivity contribution in [1.29, 1.82) is 0 Å². The van der Waals surface area contributed by atoms with Crippen LogP contribution in [0.2, 0.25) is 0 Å². The fourth-order valence-corrected chi connectivity index (χ4v) is 2.75. The Morgan fingerprint density at radius 2 is 1.62 bits per heavy atom. The largest absolute Gasteiger partial charge is 0.348 e. The molecule has 0 bridgehead atoms. The van der Waals surface area contributed by atoms with E-state index in [9.17, 15) is 9.59 Å². The van der Waals surface area contributed by atoms with Gasteiger partial charge in [0.25, 0.3) is 11.1 Å². The van der Waals surface area contributed by atoms with Gasteiger partial charge in [-0.3, -0.25) is 9.59 Å². The molecule has 132 valence electrons. The van der Waals surface area contributed by atoms with Gasteiger partial charge in [-0.2, -0.15) is 0 Å². The molecule has 0 saturated carbocycles. The van der Waals surface area contributed by atoms with Crippen LogP contribution in [0, 0.1) is 0 Å². The molecule has 3 rings (SSSR count). The molecule has 2 aromatic heterocycles. The molecule has 1 aromatic carbocycles. The minimum atomic E-state index is -0.368. The SMILES string of the molecule is Bc1ccccc1/C=c1\[nH]c(=O)/c(=C/c2nc[nH]c2C(C)(C)C)[nH]c1=O. The first-order valence-corrected chi connectivity index (χ1v) is 8.41. The molecule has 0 amide bonds. The minimum absolute atomic E-state index is 0.159. The predicted molar refractivity (Wildman–Crippen MR) is 106 cm³/mol. The van der Waals surface area contributed by atoms with Crippen molar-refractivity contribution in [2.75, 3.05) is 0 Å². The maximum Gasteiger partial charge on any atom is 0.272 e. The average molecular weight is 348 g/mol. The minimum Gasteiger partial charge on any atom is -0.348 e. The zero-order valence-electron chi connectivity index (χ0n) is 15.3. The van der Waals surface area contributed by atoms with Crippen molar-refractivity contribution >= 4 is 25.5 Å². The van der Waals surface area contributed by atoms with Crippen molar-refractivity contribution in [3.05, 3.63) is 78.9 Å². The maximum absolute atomic E-state index is 12.4. The molecule has 26 heavy (non-hydrogen) atoms. The zero-order chi connectivity index (χ0) is 18.9. The van der Waals surface area contributed by atoms with Gasteiger partial charge in [0.1, 0.15) is 18.5 Å². The molecule has 7 heteroatoms. The first-order chi connectivity index (χ1) is 12.3. The molecule has 6 nitrogen and oxygen atoms in total. The van der Waals surface area contributed by atoms with E-state index in [1.54, 1.807) is 18.5 Å². The molecule has 3 N–H and O–H groups in total. The van der Waals surface area contributed by atoms with E-state index in [0.29, 0.717) is 5.69 Å². The lowest BCUT2D eigenvalue weighted by Crippen LogP contribution is -2.47.